The van der Waals surface area contributed by atoms with E-state index in [4.69, 9.17) is 11.5 Å². The van der Waals surface area contributed by atoms with Gasteiger partial charge in [0.2, 0.25) is 11.8 Å². The number of nitrogens with one attached hydrogen (secondary N) is 3. The van der Waals surface area contributed by atoms with Crippen molar-refractivity contribution in [3.05, 3.63) is 0 Å². The van der Waals surface area contributed by atoms with E-state index in [9.17, 15) is 19.5 Å². The molecule has 0 aliphatic carbocycles. The van der Waals surface area contributed by atoms with Gasteiger partial charge in [-0.3, -0.25) is 14.9 Å². The number of hydrogen-bond acceptors (Lipinski definition) is 7. The smallest absolute Gasteiger partial charge is 0.237 e. The van der Waals surface area contributed by atoms with Gasteiger partial charge in [0.1, 0.15) is 12.5 Å². The molecule has 0 aromatic rings. The Balaban J connectivity index is 5.06. The Kier molecular flexibility index (Phi) is 16.3. The fourth-order valence-electron chi connectivity index (χ4n) is 3.18. The van der Waals surface area contributed by atoms with Crippen LogP contribution in [0.1, 0.15) is 72.1 Å². The van der Waals surface area contributed by atoms with Crippen LogP contribution in [-0.4, -0.2) is 60.6 Å². The summed E-state index contributed by atoms with van der Waals surface area (Å²) in [6.07, 6.45) is 5.39. The van der Waals surface area contributed by atoms with Crippen molar-refractivity contribution in [2.24, 2.45) is 17.4 Å². The van der Waals surface area contributed by atoms with E-state index in [2.05, 4.69) is 22.9 Å². The molecule has 0 heterocycles. The molecule has 0 aliphatic heterocycles. The topological polar surface area (TPSA) is 160 Å². The molecule has 2 amide bonds. The zero-order valence-corrected chi connectivity index (χ0v) is 18.9. The molecule has 0 aromatic heterocycles. The van der Waals surface area contributed by atoms with Crippen molar-refractivity contribution in [1.82, 2.24) is 16.0 Å². The molecule has 0 spiro atoms. The number of hydrogen-bond donors (Lipinski definition) is 6. The van der Waals surface area contributed by atoms with Crippen LogP contribution in [-0.2, 0) is 14.4 Å². The first-order valence-electron chi connectivity index (χ1n) is 11.2. The maximum Gasteiger partial charge on any atom is 0.237 e. The van der Waals surface area contributed by atoms with E-state index in [1.165, 1.54) is 0 Å². The predicted molar refractivity (Wildman–Crippen MR) is 118 cm³/mol. The van der Waals surface area contributed by atoms with Gasteiger partial charge >= 0.3 is 0 Å². The van der Waals surface area contributed by atoms with Crippen molar-refractivity contribution in [3.63, 3.8) is 0 Å². The molecule has 0 saturated heterocycles. The summed E-state index contributed by atoms with van der Waals surface area (Å²) < 4.78 is 0. The van der Waals surface area contributed by atoms with E-state index in [0.717, 1.165) is 32.1 Å². The molecule has 176 valence electrons. The average molecular weight is 430 g/mol. The molecule has 0 fully saturated rings. The Labute approximate surface area is 181 Å². The van der Waals surface area contributed by atoms with Crippen LogP contribution >= 0.6 is 0 Å². The number of aldehydes is 1. The van der Waals surface area contributed by atoms with Crippen molar-refractivity contribution < 1.29 is 19.5 Å². The van der Waals surface area contributed by atoms with Crippen LogP contribution < -0.4 is 27.4 Å². The van der Waals surface area contributed by atoms with E-state index in [1.54, 1.807) is 0 Å². The number of carbonyl (C=O) groups excluding carboxylic acids is 3. The van der Waals surface area contributed by atoms with Gasteiger partial charge in [0, 0.05) is 0 Å². The Morgan fingerprint density at radius 2 is 1.73 bits per heavy atom. The Hall–Kier alpha value is -1.55. The minimum Gasteiger partial charge on any atom is -0.376 e. The maximum atomic E-state index is 12.5. The van der Waals surface area contributed by atoms with Gasteiger partial charge in [0.25, 0.3) is 0 Å². The standard InChI is InChI=1S/C21H43N5O4/c1-4-5-6-10-17(20(29)24-12-13-27)25-21(30)18(14-15(2)3)26-19(28)16(23)9-7-8-11-22/h13,15-18,21,25,30H,4-12,14,22-23H2,1-3H3,(H,24,29)(H,26,28)/t16-,17-,18-,21?/m1/s1. The molecule has 0 bridgehead atoms. The summed E-state index contributed by atoms with van der Waals surface area (Å²) in [6.45, 7) is 6.52. The highest BCUT2D eigenvalue weighted by atomic mass is 16.3. The van der Waals surface area contributed by atoms with Gasteiger partial charge in [-0.2, -0.15) is 0 Å². The molecule has 4 atom stereocenters. The van der Waals surface area contributed by atoms with Crippen molar-refractivity contribution >= 4 is 18.1 Å². The summed E-state index contributed by atoms with van der Waals surface area (Å²) in [6, 6.07) is -1.92. The lowest BCUT2D eigenvalue weighted by Crippen LogP contribution is -2.58. The van der Waals surface area contributed by atoms with E-state index < -0.39 is 24.4 Å². The van der Waals surface area contributed by atoms with Gasteiger partial charge < -0.3 is 32.0 Å². The van der Waals surface area contributed by atoms with Crippen molar-refractivity contribution in [2.45, 2.75) is 96.5 Å². The Bertz CT molecular complexity index is 490. The maximum absolute atomic E-state index is 12.5. The third kappa shape index (κ3) is 12.9. The Morgan fingerprint density at radius 1 is 1.07 bits per heavy atom. The summed E-state index contributed by atoms with van der Waals surface area (Å²) in [4.78, 5) is 35.4. The van der Waals surface area contributed by atoms with E-state index in [0.29, 0.717) is 32.1 Å². The normalized spacial score (nSPS) is 15.3. The monoisotopic (exact) mass is 429 g/mol. The number of amides is 2. The predicted octanol–water partition coefficient (Wildman–Crippen LogP) is 0.146. The average Bonchev–Trinajstić information content (AvgIpc) is 2.70. The first-order chi connectivity index (χ1) is 14.3. The number of rotatable bonds is 18. The van der Waals surface area contributed by atoms with Crippen LogP contribution in [0.2, 0.25) is 0 Å². The molecule has 0 rings (SSSR count). The van der Waals surface area contributed by atoms with Crippen LogP contribution in [0.5, 0.6) is 0 Å². The zero-order valence-electron chi connectivity index (χ0n) is 18.9. The minimum absolute atomic E-state index is 0.0787. The molecule has 30 heavy (non-hydrogen) atoms. The van der Waals surface area contributed by atoms with Gasteiger partial charge in [-0.05, 0) is 38.1 Å². The van der Waals surface area contributed by atoms with Gasteiger partial charge in [-0.1, -0.05) is 46.5 Å². The molecule has 0 saturated carbocycles. The second kappa shape index (κ2) is 17.2. The third-order valence-corrected chi connectivity index (χ3v) is 4.88. The molecular weight excluding hydrogens is 386 g/mol. The first-order valence-corrected chi connectivity index (χ1v) is 11.2. The summed E-state index contributed by atoms with van der Waals surface area (Å²) in [7, 11) is 0. The Morgan fingerprint density at radius 3 is 2.30 bits per heavy atom. The second-order valence-corrected chi connectivity index (χ2v) is 8.21. The summed E-state index contributed by atoms with van der Waals surface area (Å²) in [5.74, 6) is -0.459. The summed E-state index contributed by atoms with van der Waals surface area (Å²) in [5.41, 5.74) is 11.4. The molecule has 0 aliphatic rings. The van der Waals surface area contributed by atoms with E-state index in [1.807, 2.05) is 13.8 Å². The van der Waals surface area contributed by atoms with Gasteiger partial charge in [-0.15, -0.1) is 0 Å². The SMILES string of the molecule is CCCCC[C@@H](NC(O)[C@@H](CC(C)C)NC(=O)[C@H](N)CCCCN)C(=O)NCC=O. The fourth-order valence-corrected chi connectivity index (χ4v) is 3.18. The number of unbranched alkanes of at least 4 members (excludes halogenated alkanes) is 3. The lowest BCUT2D eigenvalue weighted by molar-refractivity contribution is -0.126. The van der Waals surface area contributed by atoms with Gasteiger partial charge in [0.05, 0.1) is 24.7 Å². The van der Waals surface area contributed by atoms with Crippen molar-refractivity contribution in [3.8, 4) is 0 Å². The molecule has 0 aromatic carbocycles. The highest BCUT2D eigenvalue weighted by molar-refractivity contribution is 5.83. The van der Waals surface area contributed by atoms with Crippen LogP contribution in [0.3, 0.4) is 0 Å². The lowest BCUT2D eigenvalue weighted by Gasteiger charge is -2.30. The van der Waals surface area contributed by atoms with Crippen LogP contribution in [0.4, 0.5) is 0 Å². The van der Waals surface area contributed by atoms with Crippen LogP contribution in [0.15, 0.2) is 0 Å². The lowest BCUT2D eigenvalue weighted by atomic mass is 10.00. The largest absolute Gasteiger partial charge is 0.376 e. The minimum atomic E-state index is -1.12. The first kappa shape index (κ1) is 28.5. The van der Waals surface area contributed by atoms with E-state index in [-0.39, 0.29) is 24.3 Å². The quantitative estimate of drug-likeness (QED) is 0.103. The molecule has 0 radical (unpaired) electrons. The second-order valence-electron chi connectivity index (χ2n) is 8.21. The molecule has 9 heteroatoms. The molecule has 8 N–H and O–H groups in total. The van der Waals surface area contributed by atoms with Gasteiger partial charge in [0.15, 0.2) is 0 Å². The zero-order chi connectivity index (χ0) is 22.9. The number of carbonyl (C=O) groups is 3. The number of aliphatic hydroxyl groups is 1. The van der Waals surface area contributed by atoms with Crippen molar-refractivity contribution in [1.29, 1.82) is 0 Å². The third-order valence-electron chi connectivity index (χ3n) is 4.88. The highest BCUT2D eigenvalue weighted by Crippen LogP contribution is 2.11. The molecular formula is C21H43N5O4. The molecule has 9 nitrogen and oxygen atoms in total. The summed E-state index contributed by atoms with van der Waals surface area (Å²) in [5, 5.41) is 19.1. The van der Waals surface area contributed by atoms with Crippen LogP contribution in [0.25, 0.3) is 0 Å². The van der Waals surface area contributed by atoms with Crippen LogP contribution in [0, 0.1) is 5.92 Å². The van der Waals surface area contributed by atoms with Crippen molar-refractivity contribution in [2.75, 3.05) is 13.1 Å². The number of aliphatic hydroxyl groups excluding tert-OH is 1. The summed E-state index contributed by atoms with van der Waals surface area (Å²) >= 11 is 0. The fraction of sp³-hybridized carbons (Fsp3) is 0.857. The number of nitrogens with two attached hydrogens (primary N) is 2. The highest BCUT2D eigenvalue weighted by Gasteiger charge is 2.28. The van der Waals surface area contributed by atoms with E-state index >= 15 is 0 Å². The molecule has 1 unspecified atom stereocenters. The van der Waals surface area contributed by atoms with Gasteiger partial charge in [-0.25, -0.2) is 0 Å².